The summed E-state index contributed by atoms with van der Waals surface area (Å²) in [5.74, 6) is 0. The number of carbonyl (C=O) groups excluding carboxylic acids is 1. The maximum Gasteiger partial charge on any atom is 0.411 e. The van der Waals surface area contributed by atoms with Crippen LogP contribution in [0.4, 0.5) is 4.79 Å². The van der Waals surface area contributed by atoms with Crippen LogP contribution in [0.1, 0.15) is 43.0 Å². The van der Waals surface area contributed by atoms with Crippen LogP contribution in [-0.2, 0) is 45.3 Å². The van der Waals surface area contributed by atoms with Gasteiger partial charge in [0, 0.05) is 6.54 Å². The van der Waals surface area contributed by atoms with Gasteiger partial charge < -0.3 is 24.1 Å². The van der Waals surface area contributed by atoms with E-state index in [0.29, 0.717) is 0 Å². The van der Waals surface area contributed by atoms with Crippen molar-refractivity contribution in [3.05, 3.63) is 156 Å². The molecule has 1 aliphatic rings. The average molecular weight is 636 g/mol. The number of amides is 1. The first-order valence-electron chi connectivity index (χ1n) is 16.1. The highest BCUT2D eigenvalue weighted by Crippen LogP contribution is 2.30. The standard InChI is InChI=1S/C40H45NO6/c1-40(2,3)47-39(43)41(26-30-16-8-4-9-17-30)34-24-25-35(42)37(45-28-32-20-12-6-13-21-32)38(46-29-33-22-14-7-15-23-33)36(34)44-27-31-18-10-5-11-19-31/h4-25,34-38,42H,26-29H2,1-3H3/t34-,35+,36-,37-,38-/m1/s1. The Kier molecular flexibility index (Phi) is 12.0. The molecule has 0 unspecified atom stereocenters. The molecule has 1 N–H and O–H groups in total. The van der Waals surface area contributed by atoms with Crippen molar-refractivity contribution in [2.75, 3.05) is 0 Å². The lowest BCUT2D eigenvalue weighted by Gasteiger charge is -2.40. The minimum atomic E-state index is -1.04. The number of aliphatic hydroxyl groups is 1. The molecule has 4 aromatic carbocycles. The number of aliphatic hydroxyl groups excluding tert-OH is 1. The third-order valence-electron chi connectivity index (χ3n) is 7.87. The minimum Gasteiger partial charge on any atom is -0.444 e. The van der Waals surface area contributed by atoms with E-state index in [2.05, 4.69) is 0 Å². The van der Waals surface area contributed by atoms with Crippen LogP contribution in [-0.4, -0.2) is 52.2 Å². The molecule has 7 nitrogen and oxygen atoms in total. The van der Waals surface area contributed by atoms with Gasteiger partial charge in [-0.25, -0.2) is 4.79 Å². The van der Waals surface area contributed by atoms with Gasteiger partial charge in [-0.15, -0.1) is 0 Å². The van der Waals surface area contributed by atoms with Gasteiger partial charge in [0.05, 0.1) is 25.9 Å². The van der Waals surface area contributed by atoms with Crippen LogP contribution >= 0.6 is 0 Å². The molecule has 246 valence electrons. The molecule has 5 rings (SSSR count). The topological polar surface area (TPSA) is 77.5 Å². The van der Waals surface area contributed by atoms with Crippen molar-refractivity contribution in [2.24, 2.45) is 0 Å². The van der Waals surface area contributed by atoms with Crippen LogP contribution in [0.5, 0.6) is 0 Å². The highest BCUT2D eigenvalue weighted by atomic mass is 16.6. The summed E-state index contributed by atoms with van der Waals surface area (Å²) in [5.41, 5.74) is 3.10. The van der Waals surface area contributed by atoms with Crippen LogP contribution < -0.4 is 0 Å². The molecule has 0 bridgehead atoms. The third kappa shape index (κ3) is 10.1. The predicted molar refractivity (Wildman–Crippen MR) is 182 cm³/mol. The molecule has 4 aromatic rings. The van der Waals surface area contributed by atoms with Gasteiger partial charge in [-0.3, -0.25) is 4.90 Å². The molecule has 47 heavy (non-hydrogen) atoms. The van der Waals surface area contributed by atoms with E-state index in [1.54, 1.807) is 11.0 Å². The Labute approximate surface area is 278 Å². The molecule has 1 amide bonds. The monoisotopic (exact) mass is 635 g/mol. The van der Waals surface area contributed by atoms with Crippen molar-refractivity contribution in [3.63, 3.8) is 0 Å². The van der Waals surface area contributed by atoms with Crippen molar-refractivity contribution in [3.8, 4) is 0 Å². The molecule has 0 saturated carbocycles. The second kappa shape index (κ2) is 16.5. The molecule has 0 spiro atoms. The summed E-state index contributed by atoms with van der Waals surface area (Å²) in [6.07, 6.45) is -0.347. The first kappa shape index (κ1) is 34.1. The molecule has 7 heteroatoms. The zero-order valence-corrected chi connectivity index (χ0v) is 27.4. The predicted octanol–water partition coefficient (Wildman–Crippen LogP) is 7.48. The van der Waals surface area contributed by atoms with E-state index >= 15 is 0 Å². The van der Waals surface area contributed by atoms with Crippen LogP contribution in [0.3, 0.4) is 0 Å². The van der Waals surface area contributed by atoms with Crippen LogP contribution in [0.15, 0.2) is 133 Å². The molecule has 0 radical (unpaired) electrons. The fourth-order valence-corrected chi connectivity index (χ4v) is 5.57. The van der Waals surface area contributed by atoms with Gasteiger partial charge in [0.2, 0.25) is 0 Å². The SMILES string of the molecule is CC(C)(C)OC(=O)N(Cc1ccccc1)[C@@H]1C=C[C@H](O)[C@@H](OCc2ccccc2)[C@H](OCc2ccccc2)[C@@H]1OCc1ccccc1. The van der Waals surface area contributed by atoms with Gasteiger partial charge in [-0.1, -0.05) is 133 Å². The summed E-state index contributed by atoms with van der Waals surface area (Å²) in [5, 5.41) is 11.6. The number of benzene rings is 4. The number of rotatable bonds is 12. The van der Waals surface area contributed by atoms with Gasteiger partial charge in [-0.05, 0) is 43.0 Å². The van der Waals surface area contributed by atoms with Gasteiger partial charge in [-0.2, -0.15) is 0 Å². The van der Waals surface area contributed by atoms with E-state index in [-0.39, 0.29) is 26.4 Å². The summed E-state index contributed by atoms with van der Waals surface area (Å²) in [6, 6.07) is 38.7. The van der Waals surface area contributed by atoms with E-state index in [0.717, 1.165) is 22.3 Å². The van der Waals surface area contributed by atoms with E-state index in [1.165, 1.54) is 0 Å². The smallest absolute Gasteiger partial charge is 0.411 e. The van der Waals surface area contributed by atoms with Crippen molar-refractivity contribution in [2.45, 2.75) is 83.2 Å². The highest BCUT2D eigenvalue weighted by Gasteiger charge is 2.45. The molecule has 0 fully saturated rings. The third-order valence-corrected chi connectivity index (χ3v) is 7.87. The summed E-state index contributed by atoms with van der Waals surface area (Å²) in [7, 11) is 0. The second-order valence-corrected chi connectivity index (χ2v) is 12.7. The minimum absolute atomic E-state index is 0.256. The average Bonchev–Trinajstić information content (AvgIpc) is 3.20. The van der Waals surface area contributed by atoms with Crippen molar-refractivity contribution >= 4 is 6.09 Å². The maximum absolute atomic E-state index is 14.0. The van der Waals surface area contributed by atoms with Gasteiger partial charge >= 0.3 is 6.09 Å². The fourth-order valence-electron chi connectivity index (χ4n) is 5.57. The van der Waals surface area contributed by atoms with E-state index in [4.69, 9.17) is 18.9 Å². The van der Waals surface area contributed by atoms with Gasteiger partial charge in [0.15, 0.2) is 0 Å². The van der Waals surface area contributed by atoms with E-state index in [9.17, 15) is 9.90 Å². The lowest BCUT2D eigenvalue weighted by Crippen LogP contribution is -2.56. The Hall–Kier alpha value is -4.27. The molecule has 0 aliphatic heterocycles. The number of carbonyl (C=O) groups is 1. The number of ether oxygens (including phenoxy) is 4. The quantitative estimate of drug-likeness (QED) is 0.163. The van der Waals surface area contributed by atoms with E-state index < -0.39 is 42.2 Å². The van der Waals surface area contributed by atoms with Gasteiger partial charge in [0.1, 0.15) is 30.0 Å². The van der Waals surface area contributed by atoms with Crippen molar-refractivity contribution in [1.29, 1.82) is 0 Å². The maximum atomic E-state index is 14.0. The summed E-state index contributed by atoms with van der Waals surface area (Å²) >= 11 is 0. The lowest BCUT2D eigenvalue weighted by atomic mass is 9.99. The number of hydrogen-bond donors (Lipinski definition) is 1. The molecule has 0 heterocycles. The normalized spacial score (nSPS) is 21.1. The molecular weight excluding hydrogens is 590 g/mol. The Morgan fingerprint density at radius 3 is 1.45 bits per heavy atom. The second-order valence-electron chi connectivity index (χ2n) is 12.7. The first-order valence-corrected chi connectivity index (χ1v) is 16.1. The first-order chi connectivity index (χ1) is 22.8. The molecule has 1 aliphatic carbocycles. The summed E-state index contributed by atoms with van der Waals surface area (Å²) in [4.78, 5) is 15.7. The van der Waals surface area contributed by atoms with Crippen molar-refractivity contribution < 1.29 is 28.8 Å². The Morgan fingerprint density at radius 2 is 1.00 bits per heavy atom. The van der Waals surface area contributed by atoms with Crippen molar-refractivity contribution in [1.82, 2.24) is 4.90 Å². The van der Waals surface area contributed by atoms with E-state index in [1.807, 2.05) is 148 Å². The molecule has 5 atom stereocenters. The Balaban J connectivity index is 1.55. The van der Waals surface area contributed by atoms with Crippen LogP contribution in [0.2, 0.25) is 0 Å². The zero-order chi connectivity index (χ0) is 33.1. The number of hydrogen-bond acceptors (Lipinski definition) is 6. The molecule has 0 saturated heterocycles. The largest absolute Gasteiger partial charge is 0.444 e. The van der Waals surface area contributed by atoms with Gasteiger partial charge in [0.25, 0.3) is 0 Å². The Morgan fingerprint density at radius 1 is 0.596 bits per heavy atom. The molecular formula is C40H45NO6. The fraction of sp³-hybridized carbons (Fsp3) is 0.325. The summed E-state index contributed by atoms with van der Waals surface area (Å²) in [6.45, 7) is 6.58. The van der Waals surface area contributed by atoms with Crippen LogP contribution in [0, 0.1) is 0 Å². The zero-order valence-electron chi connectivity index (χ0n) is 27.4. The van der Waals surface area contributed by atoms with Crippen LogP contribution in [0.25, 0.3) is 0 Å². The molecule has 0 aromatic heterocycles. The highest BCUT2D eigenvalue weighted by molar-refractivity contribution is 5.69. The number of nitrogens with zero attached hydrogens (tertiary/aromatic N) is 1. The Bertz CT molecular complexity index is 1530. The lowest BCUT2D eigenvalue weighted by molar-refractivity contribution is -0.179. The summed E-state index contributed by atoms with van der Waals surface area (Å²) < 4.78 is 25.9.